The molecule has 0 fully saturated rings. The van der Waals surface area contributed by atoms with Crippen molar-refractivity contribution in [2.75, 3.05) is 37.8 Å². The van der Waals surface area contributed by atoms with Crippen molar-refractivity contribution in [3.8, 4) is 0 Å². The molecule has 0 aliphatic heterocycles. The van der Waals surface area contributed by atoms with Gasteiger partial charge in [0.2, 0.25) is 5.91 Å². The number of nitrogens with two attached hydrogens (primary N) is 1. The van der Waals surface area contributed by atoms with Gasteiger partial charge in [0.05, 0.1) is 17.9 Å². The Kier molecular flexibility index (Phi) is 5.83. The van der Waals surface area contributed by atoms with Crippen LogP contribution in [0.4, 0.5) is 11.4 Å². The average Bonchev–Trinajstić information content (AvgIpc) is 2.46. The number of carbonyl (C=O) groups excluding carboxylic acids is 2. The molecule has 0 heterocycles. The summed E-state index contributed by atoms with van der Waals surface area (Å²) in [6.45, 7) is 2.93. The molecule has 0 spiro atoms. The molecule has 0 radical (unpaired) electrons. The second-order valence-corrected chi connectivity index (χ2v) is 4.45. The van der Waals surface area contributed by atoms with Crippen LogP contribution in [0.25, 0.3) is 0 Å². The summed E-state index contributed by atoms with van der Waals surface area (Å²) < 4.78 is 0. The van der Waals surface area contributed by atoms with Gasteiger partial charge in [0.15, 0.2) is 0 Å². The highest BCUT2D eigenvalue weighted by atomic mass is 16.2. The van der Waals surface area contributed by atoms with Crippen molar-refractivity contribution in [1.82, 2.24) is 10.6 Å². The number of rotatable bonds is 6. The van der Waals surface area contributed by atoms with E-state index in [1.54, 1.807) is 32.3 Å². The Morgan fingerprint density at radius 1 is 1.25 bits per heavy atom. The van der Waals surface area contributed by atoms with Crippen LogP contribution in [-0.4, -0.2) is 39.0 Å². The predicted molar refractivity (Wildman–Crippen MR) is 80.8 cm³/mol. The largest absolute Gasteiger partial charge is 0.397 e. The third kappa shape index (κ3) is 3.88. The fourth-order valence-electron chi connectivity index (χ4n) is 1.91. The summed E-state index contributed by atoms with van der Waals surface area (Å²) in [4.78, 5) is 25.1. The van der Waals surface area contributed by atoms with Crippen molar-refractivity contribution >= 4 is 23.2 Å². The zero-order valence-corrected chi connectivity index (χ0v) is 12.2. The van der Waals surface area contributed by atoms with Gasteiger partial charge in [-0.3, -0.25) is 9.59 Å². The number of nitrogen functional groups attached to an aromatic ring is 1. The molecule has 1 aromatic rings. The van der Waals surface area contributed by atoms with Crippen molar-refractivity contribution in [1.29, 1.82) is 0 Å². The van der Waals surface area contributed by atoms with Gasteiger partial charge in [-0.1, -0.05) is 6.92 Å². The highest BCUT2D eigenvalue weighted by Gasteiger charge is 2.15. The number of hydrogen-bond donors (Lipinski definition) is 3. The number of benzene rings is 1. The maximum Gasteiger partial charge on any atom is 0.251 e. The molecule has 0 saturated carbocycles. The van der Waals surface area contributed by atoms with E-state index in [-0.39, 0.29) is 18.4 Å². The number of nitrogens with one attached hydrogen (secondary N) is 2. The average molecular weight is 278 g/mol. The first-order valence-electron chi connectivity index (χ1n) is 6.60. The molecule has 0 aliphatic rings. The third-order valence-corrected chi connectivity index (χ3v) is 2.97. The minimum Gasteiger partial charge on any atom is -0.397 e. The number of nitrogens with zero attached hydrogens (tertiary/aromatic N) is 1. The molecule has 0 aromatic heterocycles. The van der Waals surface area contributed by atoms with Crippen molar-refractivity contribution in [3.05, 3.63) is 23.8 Å². The Morgan fingerprint density at radius 3 is 2.50 bits per heavy atom. The minimum atomic E-state index is -0.178. The monoisotopic (exact) mass is 278 g/mol. The molecule has 0 saturated heterocycles. The molecule has 0 aliphatic carbocycles. The normalized spacial score (nSPS) is 9.95. The predicted octanol–water partition coefficient (Wildman–Crippen LogP) is 0.591. The Labute approximate surface area is 119 Å². The first-order valence-corrected chi connectivity index (χ1v) is 6.60. The van der Waals surface area contributed by atoms with Crippen LogP contribution in [0.3, 0.4) is 0 Å². The van der Waals surface area contributed by atoms with Gasteiger partial charge in [-0.25, -0.2) is 0 Å². The number of amides is 2. The van der Waals surface area contributed by atoms with Crippen molar-refractivity contribution < 1.29 is 9.59 Å². The second kappa shape index (κ2) is 7.37. The topological polar surface area (TPSA) is 87.5 Å². The molecule has 0 atom stereocenters. The first kappa shape index (κ1) is 15.8. The Balaban J connectivity index is 3.10. The highest BCUT2D eigenvalue weighted by molar-refractivity contribution is 5.96. The molecule has 6 heteroatoms. The maximum atomic E-state index is 11.7. The van der Waals surface area contributed by atoms with Crippen molar-refractivity contribution in [2.45, 2.75) is 13.3 Å². The molecule has 1 aromatic carbocycles. The van der Waals surface area contributed by atoms with Gasteiger partial charge >= 0.3 is 0 Å². The molecule has 1 rings (SSSR count). The zero-order chi connectivity index (χ0) is 15.1. The SMILES string of the molecule is CCCN(CC(=O)NC)c1cc(C(=O)NC)ccc1N. The molecule has 6 nitrogen and oxygen atoms in total. The lowest BCUT2D eigenvalue weighted by Gasteiger charge is -2.25. The zero-order valence-electron chi connectivity index (χ0n) is 12.2. The standard InChI is InChI=1S/C14H22N4O2/c1-4-7-18(9-13(19)16-2)12-8-10(14(20)17-3)5-6-11(12)15/h5-6,8H,4,7,9,15H2,1-3H3,(H,16,19)(H,17,20). The van der Waals surface area contributed by atoms with E-state index in [0.29, 0.717) is 23.5 Å². The molecular formula is C14H22N4O2. The number of carbonyl (C=O) groups is 2. The van der Waals surface area contributed by atoms with E-state index in [9.17, 15) is 9.59 Å². The fourth-order valence-corrected chi connectivity index (χ4v) is 1.91. The van der Waals surface area contributed by atoms with E-state index in [1.165, 1.54) is 0 Å². The summed E-state index contributed by atoms with van der Waals surface area (Å²) in [5, 5.41) is 5.16. The molecule has 20 heavy (non-hydrogen) atoms. The van der Waals surface area contributed by atoms with E-state index in [4.69, 9.17) is 5.73 Å². The lowest BCUT2D eigenvalue weighted by molar-refractivity contribution is -0.119. The van der Waals surface area contributed by atoms with E-state index >= 15 is 0 Å². The summed E-state index contributed by atoms with van der Waals surface area (Å²) in [7, 11) is 3.17. The summed E-state index contributed by atoms with van der Waals surface area (Å²) >= 11 is 0. The van der Waals surface area contributed by atoms with E-state index in [2.05, 4.69) is 10.6 Å². The lowest BCUT2D eigenvalue weighted by Crippen LogP contribution is -2.36. The molecule has 4 N–H and O–H groups in total. The van der Waals surface area contributed by atoms with Gasteiger partial charge in [0.25, 0.3) is 5.91 Å². The van der Waals surface area contributed by atoms with E-state index in [0.717, 1.165) is 6.42 Å². The number of anilines is 2. The highest BCUT2D eigenvalue weighted by Crippen LogP contribution is 2.24. The van der Waals surface area contributed by atoms with Crippen LogP contribution in [0.15, 0.2) is 18.2 Å². The van der Waals surface area contributed by atoms with Crippen molar-refractivity contribution in [2.24, 2.45) is 0 Å². The van der Waals surface area contributed by atoms with Crippen LogP contribution in [0, 0.1) is 0 Å². The molecule has 0 bridgehead atoms. The van der Waals surface area contributed by atoms with Crippen LogP contribution in [-0.2, 0) is 4.79 Å². The second-order valence-electron chi connectivity index (χ2n) is 4.45. The summed E-state index contributed by atoms with van der Waals surface area (Å²) in [5.41, 5.74) is 7.75. The molecule has 0 unspecified atom stereocenters. The first-order chi connectivity index (χ1) is 9.53. The number of likely N-dealkylation sites (N-methyl/N-ethyl adjacent to an activating group) is 1. The van der Waals surface area contributed by atoms with Gasteiger partial charge in [0, 0.05) is 26.2 Å². The van der Waals surface area contributed by atoms with Gasteiger partial charge in [0.1, 0.15) is 0 Å². The van der Waals surface area contributed by atoms with Gasteiger partial charge < -0.3 is 21.3 Å². The Morgan fingerprint density at radius 2 is 1.95 bits per heavy atom. The van der Waals surface area contributed by atoms with Gasteiger partial charge in [-0.05, 0) is 24.6 Å². The van der Waals surface area contributed by atoms with E-state index in [1.807, 2.05) is 11.8 Å². The summed E-state index contributed by atoms with van der Waals surface area (Å²) in [6, 6.07) is 5.07. The smallest absolute Gasteiger partial charge is 0.251 e. The van der Waals surface area contributed by atoms with E-state index < -0.39 is 0 Å². The quantitative estimate of drug-likeness (QED) is 0.665. The van der Waals surface area contributed by atoms with Crippen LogP contribution in [0.2, 0.25) is 0 Å². The van der Waals surface area contributed by atoms with Crippen LogP contribution in [0.1, 0.15) is 23.7 Å². The summed E-state index contributed by atoms with van der Waals surface area (Å²) in [6.07, 6.45) is 0.876. The number of hydrogen-bond acceptors (Lipinski definition) is 4. The molecule has 110 valence electrons. The fraction of sp³-hybridized carbons (Fsp3) is 0.429. The Hall–Kier alpha value is -2.24. The van der Waals surface area contributed by atoms with Crippen molar-refractivity contribution in [3.63, 3.8) is 0 Å². The minimum absolute atomic E-state index is 0.0943. The molecular weight excluding hydrogens is 256 g/mol. The maximum absolute atomic E-state index is 11.7. The molecule has 2 amide bonds. The van der Waals surface area contributed by atoms with Gasteiger partial charge in [-0.15, -0.1) is 0 Å². The van der Waals surface area contributed by atoms with Crippen LogP contribution >= 0.6 is 0 Å². The third-order valence-electron chi connectivity index (χ3n) is 2.97. The van der Waals surface area contributed by atoms with Crippen LogP contribution < -0.4 is 21.3 Å². The van der Waals surface area contributed by atoms with Crippen LogP contribution in [0.5, 0.6) is 0 Å². The van der Waals surface area contributed by atoms with Gasteiger partial charge in [-0.2, -0.15) is 0 Å². The Bertz CT molecular complexity index is 488. The lowest BCUT2D eigenvalue weighted by atomic mass is 10.1. The summed E-state index contributed by atoms with van der Waals surface area (Å²) in [5.74, 6) is -0.272.